The topological polar surface area (TPSA) is 48.1 Å². The van der Waals surface area contributed by atoms with Crippen molar-refractivity contribution in [2.45, 2.75) is 6.92 Å². The van der Waals surface area contributed by atoms with E-state index < -0.39 is 17.4 Å². The van der Waals surface area contributed by atoms with E-state index in [9.17, 15) is 8.78 Å². The van der Waals surface area contributed by atoms with Gasteiger partial charge in [0.1, 0.15) is 5.75 Å². The van der Waals surface area contributed by atoms with Gasteiger partial charge in [-0.15, -0.1) is 0 Å². The van der Waals surface area contributed by atoms with Crippen LogP contribution in [0.5, 0.6) is 11.5 Å². The Morgan fingerprint density at radius 3 is 2.35 bits per heavy atom. The van der Waals surface area contributed by atoms with Gasteiger partial charge in [-0.2, -0.15) is 0 Å². The van der Waals surface area contributed by atoms with Crippen LogP contribution in [0.15, 0.2) is 30.5 Å². The molecule has 0 aliphatic rings. The van der Waals surface area contributed by atoms with Crippen LogP contribution >= 0.6 is 0 Å². The molecular weight excluding hydrogens is 226 g/mol. The van der Waals surface area contributed by atoms with Crippen molar-refractivity contribution in [1.29, 1.82) is 0 Å². The maximum Gasteiger partial charge on any atom is 0.198 e. The molecule has 0 saturated heterocycles. The van der Waals surface area contributed by atoms with E-state index in [1.165, 1.54) is 6.20 Å². The molecule has 88 valence electrons. The van der Waals surface area contributed by atoms with Gasteiger partial charge in [0.25, 0.3) is 0 Å². The highest BCUT2D eigenvalue weighted by Gasteiger charge is 2.12. The molecule has 0 bridgehead atoms. The average Bonchev–Trinajstić information content (AvgIpc) is 2.26. The molecule has 17 heavy (non-hydrogen) atoms. The smallest absolute Gasteiger partial charge is 0.198 e. The van der Waals surface area contributed by atoms with Crippen molar-refractivity contribution >= 4 is 5.69 Å². The highest BCUT2D eigenvalue weighted by Crippen LogP contribution is 2.28. The van der Waals surface area contributed by atoms with Crippen LogP contribution in [-0.2, 0) is 0 Å². The molecule has 0 saturated carbocycles. The maximum absolute atomic E-state index is 13.4. The minimum Gasteiger partial charge on any atom is -0.450 e. The zero-order valence-electron chi connectivity index (χ0n) is 9.08. The minimum atomic E-state index is -0.844. The Morgan fingerprint density at radius 1 is 1.18 bits per heavy atom. The zero-order valence-corrected chi connectivity index (χ0v) is 9.08. The van der Waals surface area contributed by atoms with Crippen molar-refractivity contribution in [3.05, 3.63) is 47.8 Å². The molecule has 0 radical (unpaired) electrons. The Morgan fingerprint density at radius 2 is 1.82 bits per heavy atom. The van der Waals surface area contributed by atoms with E-state index in [-0.39, 0.29) is 11.4 Å². The summed E-state index contributed by atoms with van der Waals surface area (Å²) in [5.41, 5.74) is 6.09. The average molecular weight is 236 g/mol. The summed E-state index contributed by atoms with van der Waals surface area (Å²) in [5.74, 6) is -1.91. The predicted octanol–water partition coefficient (Wildman–Crippen LogP) is 3.04. The third-order valence-corrected chi connectivity index (χ3v) is 2.12. The second-order valence-corrected chi connectivity index (χ2v) is 3.55. The maximum atomic E-state index is 13.4. The van der Waals surface area contributed by atoms with Crippen molar-refractivity contribution < 1.29 is 13.5 Å². The van der Waals surface area contributed by atoms with Crippen LogP contribution in [0.2, 0.25) is 0 Å². The van der Waals surface area contributed by atoms with Crippen LogP contribution in [0.3, 0.4) is 0 Å². The standard InChI is InChI=1S/C12H10F2N2O/c1-7-2-3-9(6-16-7)17-12-10(13)4-8(15)5-11(12)14/h2-6H,15H2,1H3. The number of hydrogen-bond acceptors (Lipinski definition) is 3. The normalized spacial score (nSPS) is 10.3. The molecule has 2 aromatic rings. The number of nitrogens with two attached hydrogens (primary N) is 1. The van der Waals surface area contributed by atoms with Crippen LogP contribution < -0.4 is 10.5 Å². The lowest BCUT2D eigenvalue weighted by Gasteiger charge is -2.08. The lowest BCUT2D eigenvalue weighted by atomic mass is 10.3. The molecular formula is C12H10F2N2O. The lowest BCUT2D eigenvalue weighted by Crippen LogP contribution is -1.96. The number of ether oxygens (including phenoxy) is 1. The highest BCUT2D eigenvalue weighted by atomic mass is 19.1. The van der Waals surface area contributed by atoms with E-state index in [4.69, 9.17) is 10.5 Å². The molecule has 0 aliphatic carbocycles. The quantitative estimate of drug-likeness (QED) is 0.815. The second-order valence-electron chi connectivity index (χ2n) is 3.55. The Hall–Kier alpha value is -2.17. The van der Waals surface area contributed by atoms with Gasteiger partial charge in [-0.25, -0.2) is 8.78 Å². The third-order valence-electron chi connectivity index (χ3n) is 2.12. The number of benzene rings is 1. The summed E-state index contributed by atoms with van der Waals surface area (Å²) < 4.78 is 31.9. The van der Waals surface area contributed by atoms with Crippen molar-refractivity contribution in [3.8, 4) is 11.5 Å². The summed E-state index contributed by atoms with van der Waals surface area (Å²) in [4.78, 5) is 3.96. The third kappa shape index (κ3) is 2.50. The highest BCUT2D eigenvalue weighted by molar-refractivity contribution is 5.45. The SMILES string of the molecule is Cc1ccc(Oc2c(F)cc(N)cc2F)cn1. The van der Waals surface area contributed by atoms with E-state index in [1.807, 2.05) is 0 Å². The first-order valence-electron chi connectivity index (χ1n) is 4.91. The summed E-state index contributed by atoms with van der Waals surface area (Å²) in [6.45, 7) is 1.80. The zero-order chi connectivity index (χ0) is 12.4. The van der Waals surface area contributed by atoms with E-state index >= 15 is 0 Å². The number of pyridine rings is 1. The molecule has 0 aliphatic heterocycles. The molecule has 0 amide bonds. The number of nitrogen functional groups attached to an aromatic ring is 1. The van der Waals surface area contributed by atoms with Gasteiger partial charge in [-0.05, 0) is 19.1 Å². The van der Waals surface area contributed by atoms with Crippen molar-refractivity contribution in [2.24, 2.45) is 0 Å². The van der Waals surface area contributed by atoms with Gasteiger partial charge in [0.2, 0.25) is 0 Å². The molecule has 1 aromatic carbocycles. The lowest BCUT2D eigenvalue weighted by molar-refractivity contribution is 0.406. The van der Waals surface area contributed by atoms with Gasteiger partial charge in [0.15, 0.2) is 17.4 Å². The predicted molar refractivity (Wildman–Crippen MR) is 59.8 cm³/mol. The summed E-state index contributed by atoms with van der Waals surface area (Å²) in [7, 11) is 0. The fraction of sp³-hybridized carbons (Fsp3) is 0.0833. The van der Waals surface area contributed by atoms with Crippen LogP contribution in [0.1, 0.15) is 5.69 Å². The summed E-state index contributed by atoms with van der Waals surface area (Å²) in [5, 5.41) is 0. The largest absolute Gasteiger partial charge is 0.450 e. The van der Waals surface area contributed by atoms with Gasteiger partial charge in [0.05, 0.1) is 6.20 Å². The van der Waals surface area contributed by atoms with Crippen molar-refractivity contribution in [3.63, 3.8) is 0 Å². The van der Waals surface area contributed by atoms with Crippen molar-refractivity contribution in [1.82, 2.24) is 4.98 Å². The number of aromatic nitrogens is 1. The van der Waals surface area contributed by atoms with Gasteiger partial charge in [0, 0.05) is 23.5 Å². The molecule has 0 unspecified atom stereocenters. The van der Waals surface area contributed by atoms with E-state index in [2.05, 4.69) is 4.98 Å². The molecule has 0 spiro atoms. The first kappa shape index (κ1) is 11.3. The van der Waals surface area contributed by atoms with E-state index in [0.29, 0.717) is 0 Å². The van der Waals surface area contributed by atoms with E-state index in [1.54, 1.807) is 19.1 Å². The van der Waals surface area contributed by atoms with E-state index in [0.717, 1.165) is 17.8 Å². The molecule has 5 heteroatoms. The number of anilines is 1. The number of aryl methyl sites for hydroxylation is 1. The number of halogens is 2. The molecule has 0 atom stereocenters. The van der Waals surface area contributed by atoms with Gasteiger partial charge >= 0.3 is 0 Å². The number of hydrogen-bond donors (Lipinski definition) is 1. The number of rotatable bonds is 2. The summed E-state index contributed by atoms with van der Waals surface area (Å²) in [6.07, 6.45) is 1.39. The minimum absolute atomic E-state index is 0.00869. The molecule has 2 N–H and O–H groups in total. The van der Waals surface area contributed by atoms with Crippen LogP contribution in [-0.4, -0.2) is 4.98 Å². The monoisotopic (exact) mass is 236 g/mol. The Labute approximate surface area is 96.9 Å². The summed E-state index contributed by atoms with van der Waals surface area (Å²) >= 11 is 0. The van der Waals surface area contributed by atoms with Crippen LogP contribution in [0.4, 0.5) is 14.5 Å². The second kappa shape index (κ2) is 4.37. The number of nitrogens with zero attached hydrogens (tertiary/aromatic N) is 1. The fourth-order valence-corrected chi connectivity index (χ4v) is 1.31. The molecule has 2 rings (SSSR count). The molecule has 3 nitrogen and oxygen atoms in total. The Bertz CT molecular complexity index is 518. The molecule has 1 heterocycles. The van der Waals surface area contributed by atoms with Crippen LogP contribution in [0, 0.1) is 18.6 Å². The summed E-state index contributed by atoms with van der Waals surface area (Å²) in [6, 6.07) is 5.26. The van der Waals surface area contributed by atoms with Gasteiger partial charge in [-0.1, -0.05) is 0 Å². The molecule has 1 aromatic heterocycles. The first-order valence-corrected chi connectivity index (χ1v) is 4.91. The Balaban J connectivity index is 2.33. The fourth-order valence-electron chi connectivity index (χ4n) is 1.31. The first-order chi connectivity index (χ1) is 8.06. The van der Waals surface area contributed by atoms with Gasteiger partial charge in [-0.3, -0.25) is 4.98 Å². The molecule has 0 fully saturated rings. The Kier molecular flexibility index (Phi) is 2.91. The van der Waals surface area contributed by atoms with Gasteiger partial charge < -0.3 is 10.5 Å². The van der Waals surface area contributed by atoms with Crippen LogP contribution in [0.25, 0.3) is 0 Å². The van der Waals surface area contributed by atoms with Crippen molar-refractivity contribution in [2.75, 3.05) is 5.73 Å².